The Labute approximate surface area is 146 Å². The molecule has 0 atom stereocenters. The molecule has 1 aliphatic rings. The molecule has 2 rings (SSSR count). The molecule has 3 N–H and O–H groups in total. The van der Waals surface area contributed by atoms with E-state index in [-0.39, 0.29) is 24.4 Å². The SMILES string of the molecule is CC(C)NC(=O)c1ccc(C(=O)NCC2(C(=O)O)CCOCC2)cc1. The Hall–Kier alpha value is -2.41. The second-order valence-corrected chi connectivity index (χ2v) is 6.59. The summed E-state index contributed by atoms with van der Waals surface area (Å²) in [6.07, 6.45) is 0.744. The molecule has 0 aliphatic carbocycles. The van der Waals surface area contributed by atoms with Gasteiger partial charge in [0.25, 0.3) is 11.8 Å². The average molecular weight is 348 g/mol. The van der Waals surface area contributed by atoms with Gasteiger partial charge in [0.15, 0.2) is 0 Å². The minimum absolute atomic E-state index is 0.0298. The van der Waals surface area contributed by atoms with Crippen molar-refractivity contribution in [1.29, 1.82) is 0 Å². The summed E-state index contributed by atoms with van der Waals surface area (Å²) in [6, 6.07) is 6.30. The average Bonchev–Trinajstić information content (AvgIpc) is 2.60. The van der Waals surface area contributed by atoms with Gasteiger partial charge >= 0.3 is 5.97 Å². The van der Waals surface area contributed by atoms with Crippen molar-refractivity contribution in [3.63, 3.8) is 0 Å². The Bertz CT molecular complexity index is 633. The van der Waals surface area contributed by atoms with Gasteiger partial charge < -0.3 is 20.5 Å². The zero-order chi connectivity index (χ0) is 18.4. The molecule has 7 heteroatoms. The monoisotopic (exact) mass is 348 g/mol. The van der Waals surface area contributed by atoms with E-state index in [4.69, 9.17) is 4.74 Å². The first-order chi connectivity index (χ1) is 11.8. The van der Waals surface area contributed by atoms with Gasteiger partial charge in [-0.2, -0.15) is 0 Å². The van der Waals surface area contributed by atoms with Gasteiger partial charge in [-0.25, -0.2) is 0 Å². The molecule has 1 heterocycles. The first kappa shape index (κ1) is 18.9. The molecule has 136 valence electrons. The lowest BCUT2D eigenvalue weighted by Gasteiger charge is -2.33. The molecule has 0 saturated carbocycles. The van der Waals surface area contributed by atoms with Crippen LogP contribution in [0.1, 0.15) is 47.4 Å². The Morgan fingerprint density at radius 1 is 1.08 bits per heavy atom. The number of carbonyl (C=O) groups excluding carboxylic acids is 2. The number of aliphatic carboxylic acids is 1. The van der Waals surface area contributed by atoms with Crippen LogP contribution in [-0.4, -0.2) is 48.7 Å². The maximum Gasteiger partial charge on any atom is 0.311 e. The molecule has 7 nitrogen and oxygen atoms in total. The van der Waals surface area contributed by atoms with Crippen molar-refractivity contribution in [2.45, 2.75) is 32.7 Å². The number of rotatable bonds is 6. The lowest BCUT2D eigenvalue weighted by molar-refractivity contribution is -0.154. The van der Waals surface area contributed by atoms with Crippen molar-refractivity contribution in [3.8, 4) is 0 Å². The molecule has 0 aromatic heterocycles. The standard InChI is InChI=1S/C18H24N2O5/c1-12(2)20-16(22)14-5-3-13(4-6-14)15(21)19-11-18(17(23)24)7-9-25-10-8-18/h3-6,12H,7-11H2,1-2H3,(H,19,21)(H,20,22)(H,23,24). The molecule has 1 fully saturated rings. The minimum atomic E-state index is -0.981. The normalized spacial score (nSPS) is 16.3. The third kappa shape index (κ3) is 4.79. The quantitative estimate of drug-likeness (QED) is 0.721. The number of amides is 2. The van der Waals surface area contributed by atoms with Gasteiger partial charge in [0, 0.05) is 36.9 Å². The van der Waals surface area contributed by atoms with Crippen LogP contribution in [0.4, 0.5) is 0 Å². The van der Waals surface area contributed by atoms with E-state index in [0.717, 1.165) is 0 Å². The summed E-state index contributed by atoms with van der Waals surface area (Å²) in [5.74, 6) is -1.48. The smallest absolute Gasteiger partial charge is 0.311 e. The molecule has 1 aliphatic heterocycles. The van der Waals surface area contributed by atoms with Crippen molar-refractivity contribution < 1.29 is 24.2 Å². The van der Waals surface area contributed by atoms with Gasteiger partial charge in [0.2, 0.25) is 0 Å². The fourth-order valence-electron chi connectivity index (χ4n) is 2.70. The molecule has 0 radical (unpaired) electrons. The summed E-state index contributed by atoms with van der Waals surface area (Å²) in [4.78, 5) is 35.8. The van der Waals surface area contributed by atoms with E-state index >= 15 is 0 Å². The molecule has 2 amide bonds. The summed E-state index contributed by atoms with van der Waals surface area (Å²) in [7, 11) is 0. The molecule has 1 saturated heterocycles. The molecule has 1 aromatic rings. The van der Waals surface area contributed by atoms with Crippen molar-refractivity contribution in [2.24, 2.45) is 5.41 Å². The summed E-state index contributed by atoms with van der Waals surface area (Å²) in [6.45, 7) is 4.55. The first-order valence-electron chi connectivity index (χ1n) is 8.34. The lowest BCUT2D eigenvalue weighted by Crippen LogP contribution is -2.46. The molecular formula is C18H24N2O5. The topological polar surface area (TPSA) is 105 Å². The third-order valence-electron chi connectivity index (χ3n) is 4.32. The van der Waals surface area contributed by atoms with E-state index in [1.165, 1.54) is 0 Å². The molecule has 0 unspecified atom stereocenters. The molecule has 1 aromatic carbocycles. The molecular weight excluding hydrogens is 324 g/mol. The fourth-order valence-corrected chi connectivity index (χ4v) is 2.70. The van der Waals surface area contributed by atoms with E-state index < -0.39 is 11.4 Å². The highest BCUT2D eigenvalue weighted by molar-refractivity contribution is 5.98. The van der Waals surface area contributed by atoms with Crippen LogP contribution >= 0.6 is 0 Å². The number of benzene rings is 1. The van der Waals surface area contributed by atoms with E-state index in [1.807, 2.05) is 13.8 Å². The zero-order valence-corrected chi connectivity index (χ0v) is 14.5. The van der Waals surface area contributed by atoms with Gasteiger partial charge in [0.05, 0.1) is 5.41 Å². The largest absolute Gasteiger partial charge is 0.481 e. The maximum absolute atomic E-state index is 12.3. The van der Waals surface area contributed by atoms with E-state index in [2.05, 4.69) is 10.6 Å². The third-order valence-corrected chi connectivity index (χ3v) is 4.32. The van der Waals surface area contributed by atoms with Crippen LogP contribution in [0.3, 0.4) is 0 Å². The van der Waals surface area contributed by atoms with Gasteiger partial charge in [-0.15, -0.1) is 0 Å². The number of hydrogen-bond donors (Lipinski definition) is 3. The van der Waals surface area contributed by atoms with Crippen LogP contribution < -0.4 is 10.6 Å². The number of carboxylic acids is 1. The van der Waals surface area contributed by atoms with Crippen molar-refractivity contribution in [3.05, 3.63) is 35.4 Å². The number of hydrogen-bond acceptors (Lipinski definition) is 4. The number of carboxylic acid groups (broad SMARTS) is 1. The Morgan fingerprint density at radius 3 is 2.08 bits per heavy atom. The Balaban J connectivity index is 1.98. The van der Waals surface area contributed by atoms with Gasteiger partial charge in [-0.05, 0) is 51.0 Å². The Kier molecular flexibility index (Phi) is 6.14. The summed E-state index contributed by atoms with van der Waals surface area (Å²) in [5.41, 5.74) is -0.129. The number of carbonyl (C=O) groups is 3. The highest BCUT2D eigenvalue weighted by Crippen LogP contribution is 2.30. The van der Waals surface area contributed by atoms with E-state index in [9.17, 15) is 19.5 Å². The first-order valence-corrected chi connectivity index (χ1v) is 8.34. The molecule has 0 bridgehead atoms. The van der Waals surface area contributed by atoms with E-state index in [0.29, 0.717) is 37.2 Å². The van der Waals surface area contributed by atoms with Crippen LogP contribution in [0, 0.1) is 5.41 Å². The minimum Gasteiger partial charge on any atom is -0.481 e. The van der Waals surface area contributed by atoms with Crippen LogP contribution in [0.15, 0.2) is 24.3 Å². The van der Waals surface area contributed by atoms with Gasteiger partial charge in [-0.1, -0.05) is 0 Å². The summed E-state index contributed by atoms with van der Waals surface area (Å²) >= 11 is 0. The van der Waals surface area contributed by atoms with Crippen molar-refractivity contribution in [2.75, 3.05) is 19.8 Å². The second-order valence-electron chi connectivity index (χ2n) is 6.59. The highest BCUT2D eigenvalue weighted by Gasteiger charge is 2.40. The fraction of sp³-hybridized carbons (Fsp3) is 0.500. The maximum atomic E-state index is 12.3. The Morgan fingerprint density at radius 2 is 1.60 bits per heavy atom. The summed E-state index contributed by atoms with van der Waals surface area (Å²) in [5, 5.41) is 15.0. The number of nitrogens with one attached hydrogen (secondary N) is 2. The highest BCUT2D eigenvalue weighted by atomic mass is 16.5. The zero-order valence-electron chi connectivity index (χ0n) is 14.5. The molecule has 25 heavy (non-hydrogen) atoms. The molecule has 0 spiro atoms. The predicted molar refractivity (Wildman–Crippen MR) is 91.5 cm³/mol. The van der Waals surface area contributed by atoms with Crippen molar-refractivity contribution in [1.82, 2.24) is 10.6 Å². The van der Waals surface area contributed by atoms with Crippen LogP contribution in [0.25, 0.3) is 0 Å². The van der Waals surface area contributed by atoms with Crippen LogP contribution in [-0.2, 0) is 9.53 Å². The number of ether oxygens (including phenoxy) is 1. The van der Waals surface area contributed by atoms with Gasteiger partial charge in [-0.3, -0.25) is 14.4 Å². The lowest BCUT2D eigenvalue weighted by atomic mass is 9.80. The predicted octanol–water partition coefficient (Wildman–Crippen LogP) is 1.44. The van der Waals surface area contributed by atoms with Crippen LogP contribution in [0.2, 0.25) is 0 Å². The summed E-state index contributed by atoms with van der Waals surface area (Å²) < 4.78 is 5.22. The second kappa shape index (κ2) is 8.11. The van der Waals surface area contributed by atoms with Crippen LogP contribution in [0.5, 0.6) is 0 Å². The van der Waals surface area contributed by atoms with Crippen molar-refractivity contribution >= 4 is 17.8 Å². The van der Waals surface area contributed by atoms with Gasteiger partial charge in [0.1, 0.15) is 0 Å². The van der Waals surface area contributed by atoms with E-state index in [1.54, 1.807) is 24.3 Å².